The molecule has 1 saturated carbocycles. The third-order valence-electron chi connectivity index (χ3n) is 8.33. The van der Waals surface area contributed by atoms with Gasteiger partial charge in [-0.3, -0.25) is 9.59 Å². The van der Waals surface area contributed by atoms with Gasteiger partial charge in [0.05, 0.1) is 35.9 Å². The van der Waals surface area contributed by atoms with Crippen LogP contribution in [0.1, 0.15) is 61.0 Å². The fourth-order valence-corrected chi connectivity index (χ4v) is 7.00. The van der Waals surface area contributed by atoms with Crippen LogP contribution in [0.25, 0.3) is 0 Å². The third-order valence-corrected chi connectivity index (χ3v) is 8.62. The highest BCUT2D eigenvalue weighted by Gasteiger charge is 2.66. The van der Waals surface area contributed by atoms with Crippen LogP contribution in [0.15, 0.2) is 54.7 Å². The zero-order chi connectivity index (χ0) is 30.4. The number of carbonyl (C=O) groups excluding carboxylic acids is 3. The predicted octanol–water partition coefficient (Wildman–Crippen LogP) is 6.35. The van der Waals surface area contributed by atoms with E-state index in [1.165, 1.54) is 32.4 Å². The van der Waals surface area contributed by atoms with Gasteiger partial charge in [-0.25, -0.2) is 14.2 Å². The van der Waals surface area contributed by atoms with Crippen LogP contribution in [0.5, 0.6) is 5.75 Å². The van der Waals surface area contributed by atoms with Gasteiger partial charge in [-0.2, -0.15) is 0 Å². The molecule has 2 aromatic carbocycles. The van der Waals surface area contributed by atoms with E-state index in [2.05, 4.69) is 36.4 Å². The van der Waals surface area contributed by atoms with Gasteiger partial charge in [0.25, 0.3) is 0 Å². The first-order valence-corrected chi connectivity index (χ1v) is 14.1. The Morgan fingerprint density at radius 1 is 1.17 bits per heavy atom. The second-order valence-corrected chi connectivity index (χ2v) is 12.5. The summed E-state index contributed by atoms with van der Waals surface area (Å²) in [4.78, 5) is 44.9. The van der Waals surface area contributed by atoms with Crippen LogP contribution in [0.4, 0.5) is 15.9 Å². The molecule has 2 aliphatic rings. The zero-order valence-corrected chi connectivity index (χ0v) is 24.8. The van der Waals surface area contributed by atoms with Gasteiger partial charge in [0, 0.05) is 23.6 Å². The molecule has 3 aromatic rings. The number of hydrogen-bond donors (Lipinski definition) is 2. The Morgan fingerprint density at radius 2 is 1.93 bits per heavy atom. The summed E-state index contributed by atoms with van der Waals surface area (Å²) in [5, 5.41) is 5.77. The summed E-state index contributed by atoms with van der Waals surface area (Å²) in [6, 6.07) is 12.8. The van der Waals surface area contributed by atoms with E-state index >= 15 is 4.39 Å². The summed E-state index contributed by atoms with van der Waals surface area (Å²) in [7, 11) is 2.70. The molecular weight excluding hydrogens is 561 g/mol. The van der Waals surface area contributed by atoms with Crippen LogP contribution in [0.3, 0.4) is 0 Å². The van der Waals surface area contributed by atoms with Gasteiger partial charge in [0.15, 0.2) is 0 Å². The lowest BCUT2D eigenvalue weighted by Crippen LogP contribution is -2.45. The normalized spacial score (nSPS) is 22.9. The van der Waals surface area contributed by atoms with Gasteiger partial charge in [-0.05, 0) is 60.1 Å². The minimum absolute atomic E-state index is 0.0917. The Kier molecular flexibility index (Phi) is 7.74. The number of halogens is 2. The van der Waals surface area contributed by atoms with Crippen LogP contribution >= 0.6 is 11.6 Å². The Bertz CT molecular complexity index is 1570. The SMILES string of the molecule is COC(=O)c1ccc(NC(=O)[C@@H]2C[C@@H](CC(C)(C)C)[C@@]3(C(=O)Nc4ncccc43)[C@H]2c2cccc(Cl)c2F)c(OC)c1. The Balaban J connectivity index is 1.67. The van der Waals surface area contributed by atoms with E-state index in [9.17, 15) is 14.4 Å². The third kappa shape index (κ3) is 4.89. The van der Waals surface area contributed by atoms with E-state index in [-0.39, 0.29) is 39.1 Å². The summed E-state index contributed by atoms with van der Waals surface area (Å²) in [5.41, 5.74) is -0.0698. The summed E-state index contributed by atoms with van der Waals surface area (Å²) < 4.78 is 26.2. The quantitative estimate of drug-likeness (QED) is 0.322. The molecular formula is C32H33ClFN3O5. The topological polar surface area (TPSA) is 107 Å². The first-order valence-electron chi connectivity index (χ1n) is 13.7. The Labute approximate surface area is 249 Å². The number of carbonyl (C=O) groups is 3. The first kappa shape index (κ1) is 29.5. The van der Waals surface area contributed by atoms with Crippen LogP contribution in [0.2, 0.25) is 5.02 Å². The van der Waals surface area contributed by atoms with Crippen molar-refractivity contribution in [3.8, 4) is 5.75 Å². The fraction of sp³-hybridized carbons (Fsp3) is 0.375. The van der Waals surface area contributed by atoms with Crippen LogP contribution in [-0.2, 0) is 19.7 Å². The van der Waals surface area contributed by atoms with Gasteiger partial charge >= 0.3 is 5.97 Å². The predicted molar refractivity (Wildman–Crippen MR) is 157 cm³/mol. The second-order valence-electron chi connectivity index (χ2n) is 12.0. The lowest BCUT2D eigenvalue weighted by molar-refractivity contribution is -0.123. The number of anilines is 2. The molecule has 2 heterocycles. The Morgan fingerprint density at radius 3 is 2.62 bits per heavy atom. The van der Waals surface area contributed by atoms with Crippen molar-refractivity contribution in [3.05, 3.63) is 82.3 Å². The standard InChI is InChI=1S/C32H33ClFN3O5/c1-31(2,3)16-18-15-20(28(38)36-23-12-11-17(29(39)42-5)14-24(23)41-4)25(19-8-6-10-22(33)26(19)34)32(18)21-9-7-13-35-27(21)37-30(32)40/h6-14,18,20,25H,15-16H2,1-5H3,(H,36,38)(H,35,37,40)/t18-,20+,25-,32-/m0/s1. The molecule has 0 radical (unpaired) electrons. The maximum absolute atomic E-state index is 15.9. The molecule has 4 atom stereocenters. The number of fused-ring (bicyclic) bond motifs is 2. The molecule has 1 aliphatic heterocycles. The number of rotatable bonds is 6. The van der Waals surface area contributed by atoms with Crippen molar-refractivity contribution in [3.63, 3.8) is 0 Å². The second kappa shape index (κ2) is 11.0. The number of hydrogen-bond acceptors (Lipinski definition) is 6. The zero-order valence-electron chi connectivity index (χ0n) is 24.1. The molecule has 0 saturated heterocycles. The number of amides is 2. The van der Waals surface area contributed by atoms with Crippen LogP contribution in [-0.4, -0.2) is 37.0 Å². The summed E-state index contributed by atoms with van der Waals surface area (Å²) in [5.74, 6) is -3.33. The van der Waals surface area contributed by atoms with Gasteiger partial charge in [0.2, 0.25) is 11.8 Å². The summed E-state index contributed by atoms with van der Waals surface area (Å²) >= 11 is 6.27. The minimum Gasteiger partial charge on any atom is -0.495 e. The molecule has 8 nitrogen and oxygen atoms in total. The van der Waals surface area contributed by atoms with E-state index in [1.807, 2.05) is 6.07 Å². The maximum Gasteiger partial charge on any atom is 0.337 e. The Hall–Kier alpha value is -3.98. The van der Waals surface area contributed by atoms with Gasteiger partial charge in [-0.15, -0.1) is 0 Å². The molecule has 2 N–H and O–H groups in total. The van der Waals surface area contributed by atoms with Gasteiger partial charge < -0.3 is 20.1 Å². The van der Waals surface area contributed by atoms with Gasteiger partial charge in [-0.1, -0.05) is 50.6 Å². The number of esters is 1. The lowest BCUT2D eigenvalue weighted by Gasteiger charge is -2.38. The van der Waals surface area contributed by atoms with Crippen molar-refractivity contribution < 1.29 is 28.2 Å². The lowest BCUT2D eigenvalue weighted by atomic mass is 9.62. The number of aromatic nitrogens is 1. The summed E-state index contributed by atoms with van der Waals surface area (Å²) in [6.45, 7) is 6.23. The van der Waals surface area contributed by atoms with Crippen molar-refractivity contribution in [1.82, 2.24) is 4.98 Å². The average molecular weight is 594 g/mol. The van der Waals surface area contributed by atoms with Crippen molar-refractivity contribution in [2.45, 2.75) is 44.9 Å². The largest absolute Gasteiger partial charge is 0.495 e. The molecule has 0 unspecified atom stereocenters. The van der Waals surface area contributed by atoms with Crippen molar-refractivity contribution >= 4 is 40.9 Å². The van der Waals surface area contributed by atoms with Crippen molar-refractivity contribution in [2.24, 2.45) is 17.3 Å². The number of ether oxygens (including phenoxy) is 2. The molecule has 1 aliphatic carbocycles. The smallest absolute Gasteiger partial charge is 0.337 e. The number of pyridine rings is 1. The molecule has 220 valence electrons. The van der Waals surface area contributed by atoms with Crippen molar-refractivity contribution in [1.29, 1.82) is 0 Å². The number of nitrogens with zero attached hydrogens (tertiary/aromatic N) is 1. The highest BCUT2D eigenvalue weighted by atomic mass is 35.5. The molecule has 1 fully saturated rings. The van der Waals surface area contributed by atoms with E-state index in [1.54, 1.807) is 30.5 Å². The number of benzene rings is 2. The highest BCUT2D eigenvalue weighted by molar-refractivity contribution is 6.30. The van der Waals surface area contributed by atoms with E-state index in [0.717, 1.165) is 0 Å². The molecule has 1 spiro atoms. The molecule has 2 amide bonds. The molecule has 42 heavy (non-hydrogen) atoms. The van der Waals surface area contributed by atoms with Gasteiger partial charge in [0.1, 0.15) is 17.4 Å². The van der Waals surface area contributed by atoms with E-state index < -0.39 is 34.9 Å². The highest BCUT2D eigenvalue weighted by Crippen LogP contribution is 2.63. The van der Waals surface area contributed by atoms with E-state index in [0.29, 0.717) is 29.9 Å². The average Bonchev–Trinajstić information content (AvgIpc) is 3.44. The molecule has 1 aromatic heterocycles. The van der Waals surface area contributed by atoms with Crippen LogP contribution < -0.4 is 15.4 Å². The summed E-state index contributed by atoms with van der Waals surface area (Å²) in [6.07, 6.45) is 2.49. The number of nitrogens with one attached hydrogen (secondary N) is 2. The number of methoxy groups -OCH3 is 2. The van der Waals surface area contributed by atoms with Crippen molar-refractivity contribution in [2.75, 3.05) is 24.9 Å². The van der Waals surface area contributed by atoms with Crippen LogP contribution in [0, 0.1) is 23.1 Å². The fourth-order valence-electron chi connectivity index (χ4n) is 6.82. The monoisotopic (exact) mass is 593 g/mol. The molecule has 0 bridgehead atoms. The van der Waals surface area contributed by atoms with E-state index in [4.69, 9.17) is 21.1 Å². The first-order chi connectivity index (χ1) is 19.9. The molecule has 5 rings (SSSR count). The maximum atomic E-state index is 15.9. The molecule has 10 heteroatoms. The minimum atomic E-state index is -1.27.